The predicted octanol–water partition coefficient (Wildman–Crippen LogP) is 4.22. The zero-order valence-electron chi connectivity index (χ0n) is 11.2. The third-order valence-electron chi connectivity index (χ3n) is 3.20. The summed E-state index contributed by atoms with van der Waals surface area (Å²) in [6.07, 6.45) is 3.05. The van der Waals surface area contributed by atoms with Gasteiger partial charge in [0.25, 0.3) is 0 Å². The summed E-state index contributed by atoms with van der Waals surface area (Å²) in [6.45, 7) is 7.46. The number of nitrogens with zero attached hydrogens (tertiary/aromatic N) is 1. The Morgan fingerprint density at radius 1 is 1.33 bits per heavy atom. The van der Waals surface area contributed by atoms with Gasteiger partial charge in [-0.1, -0.05) is 43.7 Å². The first-order valence-corrected chi connectivity index (χ1v) is 6.82. The molecule has 0 spiro atoms. The van der Waals surface area contributed by atoms with Crippen LogP contribution in [0.5, 0.6) is 0 Å². The van der Waals surface area contributed by atoms with Crippen LogP contribution < -0.4 is 0 Å². The molecule has 1 aromatic carbocycles. The first-order valence-electron chi connectivity index (χ1n) is 6.41. The molecular weight excluding hydrogens is 240 g/mol. The lowest BCUT2D eigenvalue weighted by molar-refractivity contribution is 0.627. The molecule has 2 rings (SSSR count). The van der Waals surface area contributed by atoms with Crippen molar-refractivity contribution in [2.24, 2.45) is 0 Å². The lowest BCUT2D eigenvalue weighted by Gasteiger charge is -2.11. The molecule has 0 aliphatic rings. The quantitative estimate of drug-likeness (QED) is 0.816. The highest BCUT2D eigenvalue weighted by Crippen LogP contribution is 2.15. The normalized spacial score (nSPS) is 11.1. The van der Waals surface area contributed by atoms with Crippen molar-refractivity contribution in [3.05, 3.63) is 52.1 Å². The Kier molecular flexibility index (Phi) is 4.02. The fourth-order valence-corrected chi connectivity index (χ4v) is 2.48. The van der Waals surface area contributed by atoms with Gasteiger partial charge in [-0.2, -0.15) is 0 Å². The average molecular weight is 260 g/mol. The molecule has 96 valence electrons. The van der Waals surface area contributed by atoms with Crippen LogP contribution in [0.1, 0.15) is 36.6 Å². The summed E-state index contributed by atoms with van der Waals surface area (Å²) in [7, 11) is 0. The van der Waals surface area contributed by atoms with Crippen molar-refractivity contribution < 1.29 is 0 Å². The molecule has 0 fully saturated rings. The minimum absolute atomic E-state index is 0.496. The van der Waals surface area contributed by atoms with Crippen molar-refractivity contribution in [1.29, 1.82) is 0 Å². The van der Waals surface area contributed by atoms with Gasteiger partial charge in [-0.05, 0) is 37.0 Å². The predicted molar refractivity (Wildman–Crippen MR) is 78.6 cm³/mol. The Balaban J connectivity index is 2.15. The van der Waals surface area contributed by atoms with Crippen LogP contribution in [0, 0.1) is 11.7 Å². The zero-order valence-corrected chi connectivity index (χ0v) is 12.1. The van der Waals surface area contributed by atoms with Crippen molar-refractivity contribution >= 4 is 12.2 Å². The van der Waals surface area contributed by atoms with Gasteiger partial charge < -0.3 is 9.55 Å². The van der Waals surface area contributed by atoms with Crippen LogP contribution in [0.25, 0.3) is 0 Å². The van der Waals surface area contributed by atoms with E-state index in [0.29, 0.717) is 5.92 Å². The summed E-state index contributed by atoms with van der Waals surface area (Å²) in [5.74, 6) is 0.496. The molecule has 0 atom stereocenters. The molecule has 0 aliphatic heterocycles. The number of benzene rings is 1. The maximum Gasteiger partial charge on any atom is 0.177 e. The summed E-state index contributed by atoms with van der Waals surface area (Å²) >= 11 is 5.34. The largest absolute Gasteiger partial charge is 0.337 e. The van der Waals surface area contributed by atoms with Gasteiger partial charge in [-0.25, -0.2) is 0 Å². The fourth-order valence-electron chi connectivity index (χ4n) is 2.23. The molecule has 18 heavy (non-hydrogen) atoms. The van der Waals surface area contributed by atoms with Crippen molar-refractivity contribution in [2.75, 3.05) is 0 Å². The highest BCUT2D eigenvalue weighted by molar-refractivity contribution is 7.71. The molecule has 0 amide bonds. The van der Waals surface area contributed by atoms with Gasteiger partial charge in [0.05, 0.1) is 0 Å². The van der Waals surface area contributed by atoms with Crippen LogP contribution in [-0.4, -0.2) is 9.55 Å². The van der Waals surface area contributed by atoms with Gasteiger partial charge >= 0.3 is 0 Å². The average Bonchev–Trinajstić information content (AvgIpc) is 2.68. The van der Waals surface area contributed by atoms with Crippen LogP contribution in [0.15, 0.2) is 30.5 Å². The van der Waals surface area contributed by atoms with Crippen LogP contribution in [-0.2, 0) is 13.0 Å². The van der Waals surface area contributed by atoms with E-state index in [2.05, 4.69) is 54.6 Å². The Morgan fingerprint density at radius 2 is 2.11 bits per heavy atom. The fraction of sp³-hybridized carbons (Fsp3) is 0.400. The molecule has 0 saturated carbocycles. The number of hydrogen-bond donors (Lipinski definition) is 1. The molecule has 0 radical (unpaired) electrons. The summed E-state index contributed by atoms with van der Waals surface area (Å²) in [5, 5.41) is 0. The van der Waals surface area contributed by atoms with Crippen molar-refractivity contribution in [3.8, 4) is 0 Å². The van der Waals surface area contributed by atoms with Crippen molar-refractivity contribution in [3.63, 3.8) is 0 Å². The molecule has 0 aliphatic carbocycles. The van der Waals surface area contributed by atoms with E-state index < -0.39 is 0 Å². The van der Waals surface area contributed by atoms with E-state index in [4.69, 9.17) is 12.2 Å². The second-order valence-electron chi connectivity index (χ2n) is 5.06. The van der Waals surface area contributed by atoms with E-state index in [0.717, 1.165) is 17.7 Å². The van der Waals surface area contributed by atoms with Crippen molar-refractivity contribution in [1.82, 2.24) is 9.55 Å². The van der Waals surface area contributed by atoms with Gasteiger partial charge in [-0.3, -0.25) is 0 Å². The molecule has 2 nitrogen and oxygen atoms in total. The summed E-state index contributed by atoms with van der Waals surface area (Å²) in [4.78, 5) is 3.14. The minimum Gasteiger partial charge on any atom is -0.337 e. The number of imidazole rings is 1. The van der Waals surface area contributed by atoms with Crippen LogP contribution in [0.2, 0.25) is 0 Å². The highest BCUT2D eigenvalue weighted by Gasteiger charge is 2.07. The van der Waals surface area contributed by atoms with Crippen LogP contribution in [0.4, 0.5) is 0 Å². The Bertz CT molecular complexity index is 578. The second-order valence-corrected chi connectivity index (χ2v) is 5.45. The van der Waals surface area contributed by atoms with E-state index >= 15 is 0 Å². The Morgan fingerprint density at radius 3 is 2.78 bits per heavy atom. The zero-order chi connectivity index (χ0) is 13.1. The topological polar surface area (TPSA) is 20.7 Å². The number of aryl methyl sites for hydroxylation is 2. The lowest BCUT2D eigenvalue weighted by Crippen LogP contribution is -2.07. The number of aromatic nitrogens is 2. The molecule has 0 saturated heterocycles. The maximum atomic E-state index is 5.34. The van der Waals surface area contributed by atoms with Gasteiger partial charge in [0.15, 0.2) is 4.77 Å². The van der Waals surface area contributed by atoms with E-state index in [1.807, 2.05) is 6.20 Å². The molecule has 2 aromatic rings. The number of rotatable bonds is 4. The second kappa shape index (κ2) is 5.53. The SMILES string of the molecule is Cc1cccc(CCn2c(C(C)C)c[nH]c2=S)c1. The van der Waals surface area contributed by atoms with Crippen LogP contribution in [0.3, 0.4) is 0 Å². The molecule has 1 N–H and O–H groups in total. The van der Waals surface area contributed by atoms with E-state index in [1.54, 1.807) is 0 Å². The molecule has 0 unspecified atom stereocenters. The number of nitrogens with one attached hydrogen (secondary N) is 1. The van der Waals surface area contributed by atoms with Gasteiger partial charge in [0, 0.05) is 18.4 Å². The maximum absolute atomic E-state index is 5.34. The van der Waals surface area contributed by atoms with Crippen molar-refractivity contribution in [2.45, 2.75) is 39.7 Å². The first kappa shape index (κ1) is 13.1. The third kappa shape index (κ3) is 2.91. The molecule has 1 aromatic heterocycles. The molecular formula is C15H20N2S. The van der Waals surface area contributed by atoms with Gasteiger partial charge in [0.1, 0.15) is 0 Å². The van der Waals surface area contributed by atoms with Gasteiger partial charge in [-0.15, -0.1) is 0 Å². The summed E-state index contributed by atoms with van der Waals surface area (Å²) in [6, 6.07) is 8.67. The number of aromatic amines is 1. The summed E-state index contributed by atoms with van der Waals surface area (Å²) in [5.41, 5.74) is 3.97. The molecule has 1 heterocycles. The smallest absolute Gasteiger partial charge is 0.177 e. The van der Waals surface area contributed by atoms with Gasteiger partial charge in [0.2, 0.25) is 0 Å². The monoisotopic (exact) mass is 260 g/mol. The van der Waals surface area contributed by atoms with E-state index in [1.165, 1.54) is 16.8 Å². The standard InChI is InChI=1S/C15H20N2S/c1-11(2)14-10-16-15(18)17(14)8-7-13-6-4-5-12(3)9-13/h4-6,9-11H,7-8H2,1-3H3,(H,16,18). The lowest BCUT2D eigenvalue weighted by atomic mass is 10.1. The highest BCUT2D eigenvalue weighted by atomic mass is 32.1. The Labute approximate surface area is 114 Å². The number of H-pyrrole nitrogens is 1. The number of hydrogen-bond acceptors (Lipinski definition) is 1. The summed E-state index contributed by atoms with van der Waals surface area (Å²) < 4.78 is 3.04. The molecule has 3 heteroatoms. The Hall–Kier alpha value is -1.35. The van der Waals surface area contributed by atoms with E-state index in [9.17, 15) is 0 Å². The van der Waals surface area contributed by atoms with E-state index in [-0.39, 0.29) is 0 Å². The molecule has 0 bridgehead atoms. The minimum atomic E-state index is 0.496. The van der Waals surface area contributed by atoms with Crippen LogP contribution >= 0.6 is 12.2 Å². The first-order chi connectivity index (χ1) is 8.58. The third-order valence-corrected chi connectivity index (χ3v) is 3.54.